The Bertz CT molecular complexity index is 498. The standard InChI is InChI=1S/C11H11ClN2OS/c1-7-14-9(6-16-7)5-15-11-4-8(12)2-3-10(11)13/h2-4,6H,5,13H2,1H3. The van der Waals surface area contributed by atoms with Gasteiger partial charge in [-0.25, -0.2) is 4.98 Å². The monoisotopic (exact) mass is 254 g/mol. The molecule has 1 heterocycles. The van der Waals surface area contributed by atoms with Gasteiger partial charge in [-0.15, -0.1) is 11.3 Å². The highest BCUT2D eigenvalue weighted by atomic mass is 35.5. The summed E-state index contributed by atoms with van der Waals surface area (Å²) in [5.74, 6) is 0.596. The van der Waals surface area contributed by atoms with Gasteiger partial charge in [0.05, 0.1) is 16.4 Å². The molecule has 0 fully saturated rings. The van der Waals surface area contributed by atoms with Gasteiger partial charge < -0.3 is 10.5 Å². The highest BCUT2D eigenvalue weighted by Gasteiger charge is 2.03. The molecule has 0 aliphatic heterocycles. The molecule has 3 nitrogen and oxygen atoms in total. The molecule has 16 heavy (non-hydrogen) atoms. The Morgan fingerprint density at radius 3 is 3.00 bits per heavy atom. The summed E-state index contributed by atoms with van der Waals surface area (Å²) < 4.78 is 5.55. The number of thiazole rings is 1. The molecule has 1 aromatic heterocycles. The Morgan fingerprint density at radius 2 is 2.31 bits per heavy atom. The minimum atomic E-state index is 0.412. The van der Waals surface area contributed by atoms with Gasteiger partial charge in [-0.1, -0.05) is 11.6 Å². The maximum Gasteiger partial charge on any atom is 0.144 e. The fourth-order valence-corrected chi connectivity index (χ4v) is 2.02. The van der Waals surface area contributed by atoms with Crippen LogP contribution >= 0.6 is 22.9 Å². The molecule has 2 aromatic rings. The number of nitrogens with two attached hydrogens (primary N) is 1. The zero-order valence-corrected chi connectivity index (χ0v) is 10.3. The van der Waals surface area contributed by atoms with Crippen LogP contribution < -0.4 is 10.5 Å². The maximum absolute atomic E-state index is 5.85. The number of nitrogens with zero attached hydrogens (tertiary/aromatic N) is 1. The van der Waals surface area contributed by atoms with Crippen LogP contribution in [0.25, 0.3) is 0 Å². The lowest BCUT2D eigenvalue weighted by Crippen LogP contribution is -1.99. The number of halogens is 1. The SMILES string of the molecule is Cc1nc(COc2cc(Cl)ccc2N)cs1. The third-order valence-electron chi connectivity index (χ3n) is 2.02. The highest BCUT2D eigenvalue weighted by molar-refractivity contribution is 7.09. The van der Waals surface area contributed by atoms with E-state index in [2.05, 4.69) is 4.98 Å². The van der Waals surface area contributed by atoms with Crippen LogP contribution in [0.3, 0.4) is 0 Å². The zero-order valence-electron chi connectivity index (χ0n) is 8.74. The second-order valence-corrected chi connectivity index (χ2v) is 4.83. The summed E-state index contributed by atoms with van der Waals surface area (Å²) >= 11 is 7.45. The van der Waals surface area contributed by atoms with Crippen LogP contribution in [0.5, 0.6) is 5.75 Å². The summed E-state index contributed by atoms with van der Waals surface area (Å²) in [5, 5.41) is 3.60. The van der Waals surface area contributed by atoms with Gasteiger partial charge in [0, 0.05) is 16.5 Å². The van der Waals surface area contributed by atoms with E-state index in [1.54, 1.807) is 29.5 Å². The minimum Gasteiger partial charge on any atom is -0.485 e. The molecule has 1 aromatic carbocycles. The van der Waals surface area contributed by atoms with E-state index in [0.717, 1.165) is 10.7 Å². The van der Waals surface area contributed by atoms with Crippen LogP contribution in [0.15, 0.2) is 23.6 Å². The second-order valence-electron chi connectivity index (χ2n) is 3.33. The average molecular weight is 255 g/mol. The smallest absolute Gasteiger partial charge is 0.144 e. The number of aryl methyl sites for hydroxylation is 1. The predicted octanol–water partition coefficient (Wildman–Crippen LogP) is 3.27. The van der Waals surface area contributed by atoms with Crippen molar-refractivity contribution in [3.63, 3.8) is 0 Å². The van der Waals surface area contributed by atoms with Crippen molar-refractivity contribution < 1.29 is 4.74 Å². The molecule has 0 atom stereocenters. The van der Waals surface area contributed by atoms with Crippen molar-refractivity contribution in [1.82, 2.24) is 4.98 Å². The Balaban J connectivity index is 2.07. The maximum atomic E-state index is 5.85. The molecule has 0 saturated heterocycles. The molecule has 84 valence electrons. The number of hydrogen-bond donors (Lipinski definition) is 1. The zero-order chi connectivity index (χ0) is 11.5. The van der Waals surface area contributed by atoms with Gasteiger partial charge >= 0.3 is 0 Å². The van der Waals surface area contributed by atoms with E-state index in [0.29, 0.717) is 23.1 Å². The van der Waals surface area contributed by atoms with Crippen molar-refractivity contribution in [2.24, 2.45) is 0 Å². The van der Waals surface area contributed by atoms with Gasteiger partial charge in [0.1, 0.15) is 12.4 Å². The average Bonchev–Trinajstić information content (AvgIpc) is 2.66. The third-order valence-corrected chi connectivity index (χ3v) is 3.08. The van der Waals surface area contributed by atoms with Crippen molar-refractivity contribution in [1.29, 1.82) is 0 Å². The predicted molar refractivity (Wildman–Crippen MR) is 67.0 cm³/mol. The summed E-state index contributed by atoms with van der Waals surface area (Å²) in [6, 6.07) is 5.16. The molecule has 0 unspecified atom stereocenters. The minimum absolute atomic E-state index is 0.412. The lowest BCUT2D eigenvalue weighted by atomic mass is 10.3. The van der Waals surface area contributed by atoms with Crippen LogP contribution in [-0.4, -0.2) is 4.98 Å². The van der Waals surface area contributed by atoms with Gasteiger partial charge in [0.25, 0.3) is 0 Å². The first kappa shape index (κ1) is 11.2. The van der Waals surface area contributed by atoms with E-state index in [1.807, 2.05) is 12.3 Å². The topological polar surface area (TPSA) is 48.1 Å². The quantitative estimate of drug-likeness (QED) is 0.856. The van der Waals surface area contributed by atoms with Crippen LogP contribution in [0.1, 0.15) is 10.7 Å². The number of nitrogen functional groups attached to an aromatic ring is 1. The van der Waals surface area contributed by atoms with Crippen LogP contribution in [0.4, 0.5) is 5.69 Å². The Hall–Kier alpha value is -1.26. The molecule has 0 aliphatic rings. The summed E-state index contributed by atoms with van der Waals surface area (Å²) in [5.41, 5.74) is 7.24. The lowest BCUT2D eigenvalue weighted by molar-refractivity contribution is 0.303. The number of aromatic nitrogens is 1. The van der Waals surface area contributed by atoms with Gasteiger partial charge in [-0.2, -0.15) is 0 Å². The fourth-order valence-electron chi connectivity index (χ4n) is 1.26. The van der Waals surface area contributed by atoms with Gasteiger partial charge in [0.15, 0.2) is 0 Å². The molecule has 2 N–H and O–H groups in total. The molecule has 2 rings (SSSR count). The molecule has 5 heteroatoms. The van der Waals surface area contributed by atoms with Crippen LogP contribution in [0.2, 0.25) is 5.02 Å². The van der Waals surface area contributed by atoms with Gasteiger partial charge in [-0.05, 0) is 19.1 Å². The van der Waals surface area contributed by atoms with E-state index in [-0.39, 0.29) is 0 Å². The first-order valence-corrected chi connectivity index (χ1v) is 6.00. The number of rotatable bonds is 3. The molecule has 0 bridgehead atoms. The Kier molecular flexibility index (Phi) is 3.31. The summed E-state index contributed by atoms with van der Waals surface area (Å²) in [6.45, 7) is 2.37. The van der Waals surface area contributed by atoms with E-state index in [9.17, 15) is 0 Å². The van der Waals surface area contributed by atoms with Crippen LogP contribution in [0, 0.1) is 6.92 Å². The third kappa shape index (κ3) is 2.65. The lowest BCUT2D eigenvalue weighted by Gasteiger charge is -2.07. The molecular weight excluding hydrogens is 244 g/mol. The molecule has 0 spiro atoms. The first-order chi connectivity index (χ1) is 7.65. The van der Waals surface area contributed by atoms with E-state index in [4.69, 9.17) is 22.1 Å². The Morgan fingerprint density at radius 1 is 1.50 bits per heavy atom. The number of hydrogen-bond acceptors (Lipinski definition) is 4. The largest absolute Gasteiger partial charge is 0.485 e. The fraction of sp³-hybridized carbons (Fsp3) is 0.182. The van der Waals surface area contributed by atoms with Gasteiger partial charge in [0.2, 0.25) is 0 Å². The molecular formula is C11H11ClN2OS. The van der Waals surface area contributed by atoms with Crippen molar-refractivity contribution >= 4 is 28.6 Å². The normalized spacial score (nSPS) is 10.4. The molecule has 0 radical (unpaired) electrons. The van der Waals surface area contributed by atoms with Crippen molar-refractivity contribution in [3.8, 4) is 5.75 Å². The number of anilines is 1. The van der Waals surface area contributed by atoms with Crippen LogP contribution in [-0.2, 0) is 6.61 Å². The molecule has 0 aliphatic carbocycles. The Labute approximate surface area is 103 Å². The molecule has 0 saturated carbocycles. The summed E-state index contributed by atoms with van der Waals surface area (Å²) in [6.07, 6.45) is 0. The second kappa shape index (κ2) is 4.72. The van der Waals surface area contributed by atoms with Crippen molar-refractivity contribution in [2.45, 2.75) is 13.5 Å². The van der Waals surface area contributed by atoms with Crippen molar-refractivity contribution in [3.05, 3.63) is 39.3 Å². The first-order valence-electron chi connectivity index (χ1n) is 4.74. The van der Waals surface area contributed by atoms with Gasteiger partial charge in [-0.3, -0.25) is 0 Å². The van der Waals surface area contributed by atoms with E-state index >= 15 is 0 Å². The summed E-state index contributed by atoms with van der Waals surface area (Å²) in [4.78, 5) is 4.30. The van der Waals surface area contributed by atoms with Crippen molar-refractivity contribution in [2.75, 3.05) is 5.73 Å². The highest BCUT2D eigenvalue weighted by Crippen LogP contribution is 2.26. The van der Waals surface area contributed by atoms with E-state index < -0.39 is 0 Å². The summed E-state index contributed by atoms with van der Waals surface area (Å²) in [7, 11) is 0. The van der Waals surface area contributed by atoms with E-state index in [1.165, 1.54) is 0 Å². The number of ether oxygens (including phenoxy) is 1. The molecule has 0 amide bonds. The number of benzene rings is 1.